The van der Waals surface area contributed by atoms with Crippen LogP contribution in [0.3, 0.4) is 0 Å². The number of carbonyl (C=O) groups excluding carboxylic acids is 2. The molecule has 0 aliphatic carbocycles. The normalized spacial score (nSPS) is 10.2. The number of carbonyl (C=O) groups is 2. The molecule has 0 atom stereocenters. The molecule has 1 amide bonds. The lowest BCUT2D eigenvalue weighted by Crippen LogP contribution is -2.16. The second-order valence-electron chi connectivity index (χ2n) is 4.16. The van der Waals surface area contributed by atoms with Gasteiger partial charge in [0.1, 0.15) is 0 Å². The minimum absolute atomic E-state index is 0.236. The van der Waals surface area contributed by atoms with Gasteiger partial charge < -0.3 is 5.32 Å². The van der Waals surface area contributed by atoms with Gasteiger partial charge in [-0.05, 0) is 31.2 Å². The van der Waals surface area contributed by atoms with E-state index in [9.17, 15) is 18.4 Å². The number of ketones is 1. The average molecular weight is 275 g/mol. The van der Waals surface area contributed by atoms with Crippen LogP contribution in [0.4, 0.5) is 14.5 Å². The van der Waals surface area contributed by atoms with Gasteiger partial charge in [0.2, 0.25) is 0 Å². The topological polar surface area (TPSA) is 46.2 Å². The van der Waals surface area contributed by atoms with Crippen LogP contribution in [0, 0.1) is 11.6 Å². The Morgan fingerprint density at radius 3 is 2.30 bits per heavy atom. The molecule has 0 spiro atoms. The monoisotopic (exact) mass is 275 g/mol. The standard InChI is InChI=1S/C15H11F2NO2/c1-9(19)10-5-2-3-8-13(10)18-15(20)11-6-4-7-12(16)14(11)17/h2-8H,1H3,(H,18,20). The molecule has 2 rings (SSSR count). The maximum absolute atomic E-state index is 13.5. The number of hydrogen-bond acceptors (Lipinski definition) is 2. The molecule has 0 aliphatic rings. The maximum atomic E-state index is 13.5. The van der Waals surface area contributed by atoms with E-state index in [0.717, 1.165) is 6.07 Å². The zero-order chi connectivity index (χ0) is 14.7. The van der Waals surface area contributed by atoms with E-state index in [-0.39, 0.29) is 11.5 Å². The van der Waals surface area contributed by atoms with Crippen LogP contribution in [-0.2, 0) is 0 Å². The minimum Gasteiger partial charge on any atom is -0.321 e. The lowest BCUT2D eigenvalue weighted by atomic mass is 10.1. The first-order valence-electron chi connectivity index (χ1n) is 5.86. The molecule has 3 nitrogen and oxygen atoms in total. The first-order chi connectivity index (χ1) is 9.50. The summed E-state index contributed by atoms with van der Waals surface area (Å²) in [4.78, 5) is 23.4. The highest BCUT2D eigenvalue weighted by Gasteiger charge is 2.16. The first-order valence-corrected chi connectivity index (χ1v) is 5.86. The third-order valence-corrected chi connectivity index (χ3v) is 2.75. The molecule has 1 N–H and O–H groups in total. The first kappa shape index (κ1) is 13.9. The number of anilines is 1. The number of hydrogen-bond donors (Lipinski definition) is 1. The van der Waals surface area contributed by atoms with E-state index in [1.807, 2.05) is 0 Å². The smallest absolute Gasteiger partial charge is 0.258 e. The van der Waals surface area contributed by atoms with E-state index in [4.69, 9.17) is 0 Å². The Balaban J connectivity index is 2.33. The van der Waals surface area contributed by atoms with E-state index >= 15 is 0 Å². The lowest BCUT2D eigenvalue weighted by Gasteiger charge is -2.09. The van der Waals surface area contributed by atoms with E-state index in [1.54, 1.807) is 18.2 Å². The van der Waals surface area contributed by atoms with Gasteiger partial charge in [0.05, 0.1) is 11.3 Å². The highest BCUT2D eigenvalue weighted by atomic mass is 19.2. The second-order valence-corrected chi connectivity index (χ2v) is 4.16. The molecular weight excluding hydrogens is 264 g/mol. The van der Waals surface area contributed by atoms with Gasteiger partial charge in [-0.25, -0.2) is 8.78 Å². The fourth-order valence-corrected chi connectivity index (χ4v) is 1.77. The number of nitrogens with one attached hydrogen (secondary N) is 1. The summed E-state index contributed by atoms with van der Waals surface area (Å²) in [5, 5.41) is 2.41. The number of rotatable bonds is 3. The quantitative estimate of drug-likeness (QED) is 0.872. The molecule has 20 heavy (non-hydrogen) atoms. The Hall–Kier alpha value is -2.56. The second kappa shape index (κ2) is 5.61. The number of Topliss-reactive ketones (excluding diaryl/α,β-unsaturated/α-hetero) is 1. The van der Waals surface area contributed by atoms with Crippen LogP contribution >= 0.6 is 0 Å². The van der Waals surface area contributed by atoms with Crippen LogP contribution in [0.1, 0.15) is 27.6 Å². The molecule has 0 unspecified atom stereocenters. The predicted octanol–water partition coefficient (Wildman–Crippen LogP) is 3.42. The van der Waals surface area contributed by atoms with E-state index in [0.29, 0.717) is 5.56 Å². The van der Waals surface area contributed by atoms with Gasteiger partial charge >= 0.3 is 0 Å². The van der Waals surface area contributed by atoms with Gasteiger partial charge in [-0.15, -0.1) is 0 Å². The van der Waals surface area contributed by atoms with Gasteiger partial charge in [-0.3, -0.25) is 9.59 Å². The van der Waals surface area contributed by atoms with Gasteiger partial charge in [0.15, 0.2) is 17.4 Å². The molecular formula is C15H11F2NO2. The summed E-state index contributed by atoms with van der Waals surface area (Å²) >= 11 is 0. The zero-order valence-electron chi connectivity index (χ0n) is 10.6. The summed E-state index contributed by atoms with van der Waals surface area (Å²) in [5.41, 5.74) is 0.148. The van der Waals surface area contributed by atoms with Crippen molar-refractivity contribution in [3.8, 4) is 0 Å². The SMILES string of the molecule is CC(=O)c1ccccc1NC(=O)c1cccc(F)c1F. The largest absolute Gasteiger partial charge is 0.321 e. The van der Waals surface area contributed by atoms with E-state index < -0.39 is 23.1 Å². The van der Waals surface area contributed by atoms with Crippen molar-refractivity contribution in [2.75, 3.05) is 5.32 Å². The van der Waals surface area contributed by atoms with Crippen LogP contribution in [0.2, 0.25) is 0 Å². The summed E-state index contributed by atoms with van der Waals surface area (Å²) in [5.74, 6) is -3.36. The van der Waals surface area contributed by atoms with Gasteiger partial charge in [0.25, 0.3) is 5.91 Å². The summed E-state index contributed by atoms with van der Waals surface area (Å²) in [6.07, 6.45) is 0. The Bertz CT molecular complexity index is 683. The van der Waals surface area contributed by atoms with E-state index in [2.05, 4.69) is 5.32 Å². The third kappa shape index (κ3) is 2.71. The number of amides is 1. The Kier molecular flexibility index (Phi) is 3.89. The fourth-order valence-electron chi connectivity index (χ4n) is 1.77. The van der Waals surface area contributed by atoms with Crippen molar-refractivity contribution in [3.05, 3.63) is 65.2 Å². The highest BCUT2D eigenvalue weighted by molar-refractivity contribution is 6.09. The lowest BCUT2D eigenvalue weighted by molar-refractivity contribution is 0.101. The molecule has 0 aliphatic heterocycles. The summed E-state index contributed by atoms with van der Waals surface area (Å²) in [6, 6.07) is 9.68. The minimum atomic E-state index is -1.22. The van der Waals surface area contributed by atoms with Crippen LogP contribution in [0.25, 0.3) is 0 Å². The molecule has 2 aromatic rings. The molecule has 0 aromatic heterocycles. The molecule has 0 heterocycles. The van der Waals surface area contributed by atoms with Gasteiger partial charge in [-0.2, -0.15) is 0 Å². The summed E-state index contributed by atoms with van der Waals surface area (Å²) in [7, 11) is 0. The Morgan fingerprint density at radius 1 is 0.950 bits per heavy atom. The zero-order valence-corrected chi connectivity index (χ0v) is 10.6. The maximum Gasteiger partial charge on any atom is 0.258 e. The molecule has 2 aromatic carbocycles. The van der Waals surface area contributed by atoms with Gasteiger partial charge in [0, 0.05) is 5.56 Å². The Morgan fingerprint density at radius 2 is 1.60 bits per heavy atom. The van der Waals surface area contributed by atoms with Crippen molar-refractivity contribution in [2.45, 2.75) is 6.92 Å². The predicted molar refractivity (Wildman–Crippen MR) is 70.8 cm³/mol. The molecule has 5 heteroatoms. The van der Waals surface area contributed by atoms with Crippen molar-refractivity contribution in [2.24, 2.45) is 0 Å². The molecule has 0 fully saturated rings. The van der Waals surface area contributed by atoms with Crippen LogP contribution in [0.5, 0.6) is 0 Å². The Labute approximate surface area is 114 Å². The average Bonchev–Trinajstić information content (AvgIpc) is 2.42. The van der Waals surface area contributed by atoms with Crippen LogP contribution in [0.15, 0.2) is 42.5 Å². The number of halogens is 2. The van der Waals surface area contributed by atoms with Crippen molar-refractivity contribution in [1.82, 2.24) is 0 Å². The van der Waals surface area contributed by atoms with Crippen molar-refractivity contribution < 1.29 is 18.4 Å². The molecule has 0 bridgehead atoms. The van der Waals surface area contributed by atoms with Crippen molar-refractivity contribution >= 4 is 17.4 Å². The summed E-state index contributed by atoms with van der Waals surface area (Å²) < 4.78 is 26.6. The van der Waals surface area contributed by atoms with E-state index in [1.165, 1.54) is 25.1 Å². The molecule has 0 radical (unpaired) electrons. The fraction of sp³-hybridized carbons (Fsp3) is 0.0667. The number of benzene rings is 2. The molecule has 102 valence electrons. The van der Waals surface area contributed by atoms with Gasteiger partial charge in [-0.1, -0.05) is 18.2 Å². The molecule has 0 saturated carbocycles. The van der Waals surface area contributed by atoms with Crippen molar-refractivity contribution in [3.63, 3.8) is 0 Å². The van der Waals surface area contributed by atoms with Crippen LogP contribution in [-0.4, -0.2) is 11.7 Å². The number of para-hydroxylation sites is 1. The van der Waals surface area contributed by atoms with Crippen LogP contribution < -0.4 is 5.32 Å². The highest BCUT2D eigenvalue weighted by Crippen LogP contribution is 2.18. The summed E-state index contributed by atoms with van der Waals surface area (Å²) in [6.45, 7) is 1.35. The van der Waals surface area contributed by atoms with Crippen molar-refractivity contribution in [1.29, 1.82) is 0 Å². The molecule has 0 saturated heterocycles. The third-order valence-electron chi connectivity index (χ3n) is 2.75.